The Kier molecular flexibility index (Phi) is 5.99. The summed E-state index contributed by atoms with van der Waals surface area (Å²) >= 11 is 0. The Morgan fingerprint density at radius 1 is 1.15 bits per heavy atom. The molecule has 0 aliphatic heterocycles. The molecule has 0 amide bonds. The number of aromatic nitrogens is 1. The van der Waals surface area contributed by atoms with E-state index in [1.807, 2.05) is 6.07 Å². The van der Waals surface area contributed by atoms with Gasteiger partial charge in [-0.15, -0.1) is 0 Å². The van der Waals surface area contributed by atoms with E-state index in [2.05, 4.69) is 11.6 Å². The lowest BCUT2D eigenvalue weighted by Crippen LogP contribution is -2.26. The third kappa shape index (κ3) is 5.27. The Morgan fingerprint density at radius 3 is 2.42 bits per heavy atom. The van der Waals surface area contributed by atoms with Crippen LogP contribution in [-0.2, 0) is 16.2 Å². The van der Waals surface area contributed by atoms with Gasteiger partial charge in [0.2, 0.25) is 10.0 Å². The largest absolute Gasteiger partial charge is 0.433 e. The van der Waals surface area contributed by atoms with Crippen LogP contribution >= 0.6 is 0 Å². The number of rotatable bonds is 6. The van der Waals surface area contributed by atoms with Gasteiger partial charge in [-0.25, -0.2) is 13.4 Å². The van der Waals surface area contributed by atoms with Gasteiger partial charge in [0, 0.05) is 19.0 Å². The van der Waals surface area contributed by atoms with Gasteiger partial charge in [-0.05, 0) is 29.3 Å². The van der Waals surface area contributed by atoms with Crippen LogP contribution in [0.15, 0.2) is 60.5 Å². The van der Waals surface area contributed by atoms with Crippen LogP contribution in [0, 0.1) is 0 Å². The second-order valence-electron chi connectivity index (χ2n) is 5.52. The van der Waals surface area contributed by atoms with Gasteiger partial charge >= 0.3 is 6.18 Å². The number of alkyl halides is 3. The second-order valence-corrected chi connectivity index (χ2v) is 7.45. The van der Waals surface area contributed by atoms with Crippen molar-refractivity contribution in [3.63, 3.8) is 0 Å². The summed E-state index contributed by atoms with van der Waals surface area (Å²) in [5.74, 6) is 0. The number of pyridine rings is 1. The van der Waals surface area contributed by atoms with Gasteiger partial charge in [0.05, 0.1) is 5.69 Å². The first-order valence-electron chi connectivity index (χ1n) is 7.51. The van der Waals surface area contributed by atoms with Gasteiger partial charge < -0.3 is 0 Å². The predicted molar refractivity (Wildman–Crippen MR) is 95.3 cm³/mol. The highest BCUT2D eigenvalue weighted by atomic mass is 32.2. The molecule has 0 atom stereocenters. The van der Waals surface area contributed by atoms with Crippen molar-refractivity contribution >= 4 is 21.7 Å². The number of benzene rings is 1. The molecule has 2 rings (SSSR count). The van der Waals surface area contributed by atoms with E-state index in [9.17, 15) is 21.6 Å². The quantitative estimate of drug-likeness (QED) is 0.758. The lowest BCUT2D eigenvalue weighted by Gasteiger charge is -2.16. The monoisotopic (exact) mass is 382 g/mol. The number of sulfonamides is 1. The van der Waals surface area contributed by atoms with Crippen LogP contribution in [0.3, 0.4) is 0 Å². The van der Waals surface area contributed by atoms with Crippen molar-refractivity contribution < 1.29 is 21.6 Å². The van der Waals surface area contributed by atoms with Gasteiger partial charge in [0.1, 0.15) is 5.69 Å². The maximum atomic E-state index is 12.7. The zero-order chi connectivity index (χ0) is 19.4. The van der Waals surface area contributed by atoms with Crippen molar-refractivity contribution in [2.45, 2.75) is 6.18 Å². The Morgan fingerprint density at radius 2 is 1.81 bits per heavy atom. The smallest absolute Gasteiger partial charge is 0.244 e. The zero-order valence-corrected chi connectivity index (χ0v) is 14.8. The van der Waals surface area contributed by atoms with Gasteiger partial charge in [-0.3, -0.25) is 0 Å². The minimum absolute atomic E-state index is 0.00564. The fourth-order valence-corrected chi connectivity index (χ4v) is 2.93. The maximum absolute atomic E-state index is 12.7. The van der Waals surface area contributed by atoms with Gasteiger partial charge in [0.15, 0.2) is 0 Å². The van der Waals surface area contributed by atoms with Crippen LogP contribution in [0.25, 0.3) is 11.6 Å². The molecule has 0 N–H and O–H groups in total. The minimum atomic E-state index is -4.58. The number of hydrogen-bond donors (Lipinski definition) is 0. The summed E-state index contributed by atoms with van der Waals surface area (Å²) in [7, 11) is -2.44. The van der Waals surface area contributed by atoms with E-state index in [0.29, 0.717) is 5.56 Å². The molecule has 0 saturated carbocycles. The van der Waals surface area contributed by atoms with E-state index in [1.165, 1.54) is 25.3 Å². The first-order chi connectivity index (χ1) is 12.1. The summed E-state index contributed by atoms with van der Waals surface area (Å²) < 4.78 is 63.8. The van der Waals surface area contributed by atoms with Crippen LogP contribution in [0.5, 0.6) is 0 Å². The zero-order valence-electron chi connectivity index (χ0n) is 13.9. The highest BCUT2D eigenvalue weighted by molar-refractivity contribution is 7.92. The maximum Gasteiger partial charge on any atom is 0.433 e. The lowest BCUT2D eigenvalue weighted by molar-refractivity contribution is -0.141. The molecule has 0 aliphatic carbocycles. The molecular weight excluding hydrogens is 365 g/mol. The summed E-state index contributed by atoms with van der Waals surface area (Å²) in [5.41, 5.74) is -0.183. The van der Waals surface area contributed by atoms with Crippen LogP contribution in [0.2, 0.25) is 0 Å². The van der Waals surface area contributed by atoms with E-state index >= 15 is 0 Å². The second kappa shape index (κ2) is 7.84. The molecule has 4 nitrogen and oxygen atoms in total. The summed E-state index contributed by atoms with van der Waals surface area (Å²) in [6, 6.07) is 12.3. The summed E-state index contributed by atoms with van der Waals surface area (Å²) in [6.45, 7) is 3.48. The summed E-state index contributed by atoms with van der Waals surface area (Å²) in [5, 5.41) is 1.04. The first-order valence-corrected chi connectivity index (χ1v) is 9.02. The van der Waals surface area contributed by atoms with Crippen LogP contribution in [0.4, 0.5) is 13.2 Å². The van der Waals surface area contributed by atoms with Crippen molar-refractivity contribution in [2.75, 3.05) is 13.6 Å². The minimum Gasteiger partial charge on any atom is -0.244 e. The Hall–Kier alpha value is -2.45. The van der Waals surface area contributed by atoms with Gasteiger partial charge in [-0.1, -0.05) is 43.0 Å². The molecule has 0 radical (unpaired) electrons. The SMILES string of the molecule is C=C(CN(C)S(=O)(=O)C=Cc1ccccc1)c1cccc(C(F)(F)F)n1. The van der Waals surface area contributed by atoms with E-state index in [4.69, 9.17) is 0 Å². The van der Waals surface area contributed by atoms with Crippen molar-refractivity contribution in [3.05, 3.63) is 77.5 Å². The Balaban J connectivity index is 2.12. The molecule has 138 valence electrons. The molecule has 0 spiro atoms. The number of likely N-dealkylation sites (N-methyl/N-ethyl adjacent to an activating group) is 1. The first kappa shape index (κ1) is 19.9. The van der Waals surface area contributed by atoms with Crippen molar-refractivity contribution in [1.29, 1.82) is 0 Å². The molecule has 1 aromatic heterocycles. The molecular formula is C18H17F3N2O2S. The normalized spacial score (nSPS) is 12.7. The molecule has 26 heavy (non-hydrogen) atoms. The van der Waals surface area contributed by atoms with Crippen LogP contribution in [0.1, 0.15) is 17.0 Å². The fraction of sp³-hybridized carbons (Fsp3) is 0.167. The molecule has 0 bridgehead atoms. The number of hydrogen-bond acceptors (Lipinski definition) is 3. The topological polar surface area (TPSA) is 50.3 Å². The summed E-state index contributed by atoms with van der Waals surface area (Å²) in [4.78, 5) is 3.51. The van der Waals surface area contributed by atoms with Crippen molar-refractivity contribution in [1.82, 2.24) is 9.29 Å². The molecule has 0 unspecified atom stereocenters. The van der Waals surface area contributed by atoms with Gasteiger partial charge in [0.25, 0.3) is 0 Å². The van der Waals surface area contributed by atoms with Crippen molar-refractivity contribution in [3.8, 4) is 0 Å². The Bertz CT molecular complexity index is 908. The third-order valence-electron chi connectivity index (χ3n) is 3.48. The highest BCUT2D eigenvalue weighted by Crippen LogP contribution is 2.28. The van der Waals surface area contributed by atoms with E-state index in [-0.39, 0.29) is 17.8 Å². The molecule has 0 saturated heterocycles. The molecule has 0 fully saturated rings. The van der Waals surface area contributed by atoms with E-state index < -0.39 is 21.9 Å². The average molecular weight is 382 g/mol. The molecule has 1 heterocycles. The van der Waals surface area contributed by atoms with Gasteiger partial charge in [-0.2, -0.15) is 17.5 Å². The van der Waals surface area contributed by atoms with E-state index in [0.717, 1.165) is 15.8 Å². The van der Waals surface area contributed by atoms with E-state index in [1.54, 1.807) is 24.3 Å². The van der Waals surface area contributed by atoms with Crippen LogP contribution in [-0.4, -0.2) is 31.3 Å². The fourth-order valence-electron chi connectivity index (χ4n) is 2.06. The molecule has 1 aromatic carbocycles. The summed E-state index contributed by atoms with van der Waals surface area (Å²) in [6.07, 6.45) is -3.14. The molecule has 0 aliphatic rings. The Labute approximate surface area is 150 Å². The highest BCUT2D eigenvalue weighted by Gasteiger charge is 2.32. The molecule has 8 heteroatoms. The van der Waals surface area contributed by atoms with Crippen molar-refractivity contribution in [2.24, 2.45) is 0 Å². The molecule has 2 aromatic rings. The average Bonchev–Trinajstić information content (AvgIpc) is 2.60. The lowest BCUT2D eigenvalue weighted by atomic mass is 10.2. The standard InChI is InChI=1S/C18H17F3N2O2S/c1-14(16-9-6-10-17(22-16)18(19,20)21)13-23(2)26(24,25)12-11-15-7-4-3-5-8-15/h3-12H,1,13H2,2H3. The third-order valence-corrected chi connectivity index (χ3v) is 4.96. The number of halogens is 3. The van der Waals surface area contributed by atoms with Crippen LogP contribution < -0.4 is 0 Å². The predicted octanol–water partition coefficient (Wildman–Crippen LogP) is 4.05. The number of nitrogens with zero attached hydrogens (tertiary/aromatic N) is 2.